The third-order valence-electron chi connectivity index (χ3n) is 3.18. The van der Waals surface area contributed by atoms with Crippen molar-refractivity contribution in [2.75, 3.05) is 7.11 Å². The second-order valence-electron chi connectivity index (χ2n) is 4.97. The molecular weight excluding hydrogens is 406 g/mol. The topological polar surface area (TPSA) is 52.6 Å². The molecule has 2 aromatic rings. The molecule has 0 fully saturated rings. The highest BCUT2D eigenvalue weighted by atomic mass is 79.9. The van der Waals surface area contributed by atoms with Crippen molar-refractivity contribution < 1.29 is 26.7 Å². The van der Waals surface area contributed by atoms with Crippen LogP contribution in [0.3, 0.4) is 0 Å². The number of methoxy groups -OCH3 is 1. The van der Waals surface area contributed by atoms with E-state index in [1.165, 1.54) is 25.3 Å². The molecule has 8 heteroatoms. The average molecular weight is 421 g/mol. The summed E-state index contributed by atoms with van der Waals surface area (Å²) in [6, 6.07) is 10.9. The Kier molecular flexibility index (Phi) is 6.17. The van der Waals surface area contributed by atoms with Gasteiger partial charge in [0.05, 0.1) is 18.6 Å². The summed E-state index contributed by atoms with van der Waals surface area (Å²) >= 11 is 3.28. The molecule has 24 heavy (non-hydrogen) atoms. The van der Waals surface area contributed by atoms with Crippen LogP contribution in [-0.2, 0) is 21.3 Å². The number of hydrogen-bond acceptors (Lipinski definition) is 4. The van der Waals surface area contributed by atoms with Crippen molar-refractivity contribution in [2.24, 2.45) is 0 Å². The van der Waals surface area contributed by atoms with Gasteiger partial charge in [-0.2, -0.15) is 8.78 Å². The molecule has 0 aliphatic carbocycles. The lowest BCUT2D eigenvalue weighted by molar-refractivity contribution is -0.0503. The van der Waals surface area contributed by atoms with Crippen molar-refractivity contribution in [3.8, 4) is 11.5 Å². The van der Waals surface area contributed by atoms with Crippen molar-refractivity contribution in [1.82, 2.24) is 0 Å². The number of para-hydroxylation sites is 1. The van der Waals surface area contributed by atoms with Gasteiger partial charge in [0.15, 0.2) is 9.84 Å². The second-order valence-corrected chi connectivity index (χ2v) is 7.95. The van der Waals surface area contributed by atoms with Crippen LogP contribution in [0.2, 0.25) is 0 Å². The maximum atomic E-state index is 12.5. The highest BCUT2D eigenvalue weighted by molar-refractivity contribution is 9.10. The van der Waals surface area contributed by atoms with E-state index in [0.29, 0.717) is 11.3 Å². The van der Waals surface area contributed by atoms with Gasteiger partial charge in [-0.25, -0.2) is 8.42 Å². The Bertz CT molecular complexity index is 809. The quantitative estimate of drug-likeness (QED) is 0.674. The predicted molar refractivity (Wildman–Crippen MR) is 90.1 cm³/mol. The lowest BCUT2D eigenvalue weighted by atomic mass is 10.2. The molecule has 0 N–H and O–H groups in total. The Morgan fingerprint density at radius 1 is 1.04 bits per heavy atom. The van der Waals surface area contributed by atoms with E-state index in [1.54, 1.807) is 24.3 Å². The first-order chi connectivity index (χ1) is 11.3. The minimum atomic E-state index is -3.62. The van der Waals surface area contributed by atoms with Crippen LogP contribution in [0.5, 0.6) is 11.5 Å². The van der Waals surface area contributed by atoms with Gasteiger partial charge in [0.2, 0.25) is 0 Å². The Morgan fingerprint density at radius 3 is 2.38 bits per heavy atom. The molecule has 0 aliphatic rings. The van der Waals surface area contributed by atoms with Crippen LogP contribution >= 0.6 is 15.9 Å². The highest BCUT2D eigenvalue weighted by Gasteiger charge is 2.19. The molecule has 2 aromatic carbocycles. The molecule has 2 rings (SSSR count). The Morgan fingerprint density at radius 2 is 1.71 bits per heavy atom. The molecule has 0 spiro atoms. The second kappa shape index (κ2) is 7.94. The standard InChI is InChI=1S/C16H15BrF2O4S/c1-22-14-7-6-13(17)8-12(14)10-24(20,21)9-11-4-2-3-5-15(11)23-16(18)19/h2-8,16H,9-10H2,1H3. The average Bonchev–Trinajstić information content (AvgIpc) is 2.48. The number of benzene rings is 2. The minimum Gasteiger partial charge on any atom is -0.496 e. The predicted octanol–water partition coefficient (Wildman–Crippen LogP) is 4.17. The summed E-state index contributed by atoms with van der Waals surface area (Å²) in [7, 11) is -2.17. The van der Waals surface area contributed by atoms with Crippen LogP contribution in [0.1, 0.15) is 11.1 Å². The number of ether oxygens (including phenoxy) is 2. The smallest absolute Gasteiger partial charge is 0.387 e. The molecule has 0 radical (unpaired) electrons. The SMILES string of the molecule is COc1ccc(Br)cc1CS(=O)(=O)Cc1ccccc1OC(F)F. The van der Waals surface area contributed by atoms with Gasteiger partial charge in [-0.15, -0.1) is 0 Å². The molecule has 0 aliphatic heterocycles. The number of hydrogen-bond donors (Lipinski definition) is 0. The number of sulfone groups is 1. The van der Waals surface area contributed by atoms with Crippen LogP contribution < -0.4 is 9.47 Å². The van der Waals surface area contributed by atoms with E-state index in [1.807, 2.05) is 0 Å². The summed E-state index contributed by atoms with van der Waals surface area (Å²) < 4.78 is 60.1. The van der Waals surface area contributed by atoms with Crippen LogP contribution in [0.15, 0.2) is 46.9 Å². The van der Waals surface area contributed by atoms with Crippen molar-refractivity contribution in [3.05, 3.63) is 58.1 Å². The summed E-state index contributed by atoms with van der Waals surface area (Å²) in [4.78, 5) is 0. The van der Waals surface area contributed by atoms with Gasteiger partial charge in [-0.3, -0.25) is 0 Å². The molecule has 0 amide bonds. The van der Waals surface area contributed by atoms with Crippen molar-refractivity contribution in [1.29, 1.82) is 0 Å². The van der Waals surface area contributed by atoms with E-state index < -0.39 is 22.2 Å². The fourth-order valence-corrected chi connectivity index (χ4v) is 4.14. The third-order valence-corrected chi connectivity index (χ3v) is 5.18. The number of rotatable bonds is 7. The zero-order valence-electron chi connectivity index (χ0n) is 12.7. The molecule has 0 heterocycles. The maximum Gasteiger partial charge on any atom is 0.387 e. The summed E-state index contributed by atoms with van der Waals surface area (Å²) in [6.45, 7) is -3.01. The minimum absolute atomic E-state index is 0.141. The summed E-state index contributed by atoms with van der Waals surface area (Å²) in [5.41, 5.74) is 0.672. The van der Waals surface area contributed by atoms with Gasteiger partial charge in [-0.05, 0) is 24.3 Å². The molecule has 0 bridgehead atoms. The highest BCUT2D eigenvalue weighted by Crippen LogP contribution is 2.28. The van der Waals surface area contributed by atoms with Gasteiger partial charge in [0, 0.05) is 15.6 Å². The van der Waals surface area contributed by atoms with Gasteiger partial charge in [-0.1, -0.05) is 34.1 Å². The van der Waals surface area contributed by atoms with Crippen molar-refractivity contribution >= 4 is 25.8 Å². The monoisotopic (exact) mass is 420 g/mol. The van der Waals surface area contributed by atoms with E-state index in [0.717, 1.165) is 4.47 Å². The van der Waals surface area contributed by atoms with Crippen LogP contribution in [-0.4, -0.2) is 22.1 Å². The first kappa shape index (κ1) is 18.7. The molecule has 0 saturated carbocycles. The third kappa shape index (κ3) is 5.17. The summed E-state index contributed by atoms with van der Waals surface area (Å²) in [5.74, 6) is -0.388. The zero-order valence-corrected chi connectivity index (χ0v) is 15.1. The maximum absolute atomic E-state index is 12.5. The van der Waals surface area contributed by atoms with Gasteiger partial charge in [0.25, 0.3) is 0 Å². The fourth-order valence-electron chi connectivity index (χ4n) is 2.22. The van der Waals surface area contributed by atoms with E-state index >= 15 is 0 Å². The molecule has 0 unspecified atom stereocenters. The molecule has 0 aromatic heterocycles. The van der Waals surface area contributed by atoms with Crippen molar-refractivity contribution in [3.63, 3.8) is 0 Å². The summed E-state index contributed by atoms with van der Waals surface area (Å²) in [6.07, 6.45) is 0. The first-order valence-corrected chi connectivity index (χ1v) is 9.48. The molecule has 130 valence electrons. The molecule has 0 atom stereocenters. The molecule has 0 saturated heterocycles. The van der Waals surface area contributed by atoms with Gasteiger partial charge >= 0.3 is 6.61 Å². The Hall–Kier alpha value is -1.67. The summed E-state index contributed by atoms with van der Waals surface area (Å²) in [5, 5.41) is 0. The zero-order chi connectivity index (χ0) is 17.7. The van der Waals surface area contributed by atoms with Crippen molar-refractivity contribution in [2.45, 2.75) is 18.1 Å². The molecule has 4 nitrogen and oxygen atoms in total. The fraction of sp³-hybridized carbons (Fsp3) is 0.250. The number of alkyl halides is 2. The van der Waals surface area contributed by atoms with E-state index in [4.69, 9.17) is 4.74 Å². The van der Waals surface area contributed by atoms with Crippen LogP contribution in [0.25, 0.3) is 0 Å². The lowest BCUT2D eigenvalue weighted by Gasteiger charge is -2.12. The Balaban J connectivity index is 2.25. The lowest BCUT2D eigenvalue weighted by Crippen LogP contribution is -2.11. The van der Waals surface area contributed by atoms with E-state index in [9.17, 15) is 17.2 Å². The number of halogens is 3. The largest absolute Gasteiger partial charge is 0.496 e. The van der Waals surface area contributed by atoms with Gasteiger partial charge < -0.3 is 9.47 Å². The normalized spacial score (nSPS) is 11.5. The van der Waals surface area contributed by atoms with Gasteiger partial charge in [0.1, 0.15) is 11.5 Å². The molecular formula is C16H15BrF2O4S. The first-order valence-electron chi connectivity index (χ1n) is 6.86. The van der Waals surface area contributed by atoms with E-state index in [2.05, 4.69) is 20.7 Å². The Labute approximate surface area is 147 Å². The van der Waals surface area contributed by atoms with Crippen LogP contribution in [0.4, 0.5) is 8.78 Å². The van der Waals surface area contributed by atoms with Crippen LogP contribution in [0, 0.1) is 0 Å². The van der Waals surface area contributed by atoms with E-state index in [-0.39, 0.29) is 17.1 Å².